The van der Waals surface area contributed by atoms with Gasteiger partial charge in [-0.15, -0.1) is 0 Å². The van der Waals surface area contributed by atoms with E-state index in [0.29, 0.717) is 0 Å². The minimum absolute atomic E-state index is 0.282. The Kier molecular flexibility index (Phi) is 8.96. The zero-order chi connectivity index (χ0) is 18.9. The van der Waals surface area contributed by atoms with Crippen molar-refractivity contribution in [3.05, 3.63) is 35.4 Å². The molecule has 27 heavy (non-hydrogen) atoms. The maximum Gasteiger partial charge on any atom is 0.0367 e. The van der Waals surface area contributed by atoms with E-state index >= 15 is 0 Å². The molecule has 0 aromatic heterocycles. The first-order chi connectivity index (χ1) is 13.3. The Morgan fingerprint density at radius 3 is 2.04 bits per heavy atom. The Balaban J connectivity index is 1.27. The highest BCUT2D eigenvalue weighted by molar-refractivity contribution is 6.58. The van der Waals surface area contributed by atoms with Gasteiger partial charge in [-0.05, 0) is 61.0 Å². The van der Waals surface area contributed by atoms with Crippen molar-refractivity contribution in [1.82, 2.24) is 0 Å². The molecule has 0 amide bonds. The summed E-state index contributed by atoms with van der Waals surface area (Å²) in [4.78, 5) is 0. The molecule has 2 aliphatic rings. The van der Waals surface area contributed by atoms with Gasteiger partial charge in [0, 0.05) is 8.80 Å². The number of unbranched alkanes of at least 4 members (excludes halogenated alkanes) is 1. The van der Waals surface area contributed by atoms with Crippen LogP contribution < -0.4 is 0 Å². The van der Waals surface area contributed by atoms with Crippen molar-refractivity contribution in [3.8, 4) is 0 Å². The van der Waals surface area contributed by atoms with Gasteiger partial charge in [0.15, 0.2) is 0 Å². The second kappa shape index (κ2) is 11.4. The molecule has 0 bridgehead atoms. The van der Waals surface area contributed by atoms with Crippen LogP contribution in [0.1, 0.15) is 89.2 Å². The summed E-state index contributed by atoms with van der Waals surface area (Å²) in [6.45, 7) is 4.63. The highest BCUT2D eigenvalue weighted by atomic mass is 28.3. The molecular formula is C26H44Si. The molecule has 1 aromatic rings. The second-order valence-corrected chi connectivity index (χ2v) is 13.2. The average Bonchev–Trinajstić information content (AvgIpc) is 2.73. The van der Waals surface area contributed by atoms with Crippen molar-refractivity contribution in [1.29, 1.82) is 0 Å². The molecule has 1 aliphatic carbocycles. The lowest BCUT2D eigenvalue weighted by atomic mass is 9.73. The van der Waals surface area contributed by atoms with Gasteiger partial charge in [-0.3, -0.25) is 0 Å². The monoisotopic (exact) mass is 384 g/mol. The van der Waals surface area contributed by atoms with Crippen molar-refractivity contribution in [2.45, 2.75) is 109 Å². The number of hydrogen-bond donors (Lipinski definition) is 0. The fourth-order valence-electron chi connectivity index (χ4n) is 6.01. The number of benzene rings is 1. The smallest absolute Gasteiger partial charge is 0.0367 e. The number of aryl methyl sites for hydroxylation is 2. The molecule has 0 nitrogen and oxygen atoms in total. The Labute approximate surface area is 171 Å². The average molecular weight is 385 g/mol. The van der Waals surface area contributed by atoms with E-state index in [4.69, 9.17) is 0 Å². The van der Waals surface area contributed by atoms with E-state index in [1.54, 1.807) is 56.7 Å². The van der Waals surface area contributed by atoms with Crippen molar-refractivity contribution < 1.29 is 0 Å². The zero-order valence-electron chi connectivity index (χ0n) is 18.2. The highest BCUT2D eigenvalue weighted by Gasteiger charge is 2.30. The second-order valence-electron chi connectivity index (χ2n) is 9.77. The van der Waals surface area contributed by atoms with Crippen LogP contribution in [-0.4, -0.2) is 8.80 Å². The van der Waals surface area contributed by atoms with Crippen LogP contribution in [0.25, 0.3) is 0 Å². The van der Waals surface area contributed by atoms with Crippen LogP contribution in [-0.2, 0) is 12.8 Å². The molecule has 1 aliphatic heterocycles. The summed E-state index contributed by atoms with van der Waals surface area (Å²) in [5.41, 5.74) is 3.01. The quantitative estimate of drug-likeness (QED) is 0.301. The van der Waals surface area contributed by atoms with Gasteiger partial charge in [0.2, 0.25) is 0 Å². The van der Waals surface area contributed by atoms with Gasteiger partial charge in [0.25, 0.3) is 0 Å². The first-order valence-corrected chi connectivity index (χ1v) is 14.8. The lowest BCUT2D eigenvalue weighted by Gasteiger charge is -2.37. The minimum Gasteiger partial charge on any atom is -0.0657 e. The van der Waals surface area contributed by atoms with E-state index in [1.807, 2.05) is 0 Å². The number of rotatable bonds is 9. The third kappa shape index (κ3) is 6.77. The molecule has 1 saturated carbocycles. The van der Waals surface area contributed by atoms with Crippen LogP contribution in [0.5, 0.6) is 0 Å². The van der Waals surface area contributed by atoms with E-state index in [-0.39, 0.29) is 8.80 Å². The molecule has 0 atom stereocenters. The maximum atomic E-state index is 2.39. The molecule has 1 aromatic carbocycles. The van der Waals surface area contributed by atoms with Crippen LogP contribution in [0, 0.1) is 17.8 Å². The molecule has 1 heteroatoms. The van der Waals surface area contributed by atoms with E-state index in [1.165, 1.54) is 43.2 Å². The minimum atomic E-state index is -0.282. The molecule has 2 fully saturated rings. The van der Waals surface area contributed by atoms with Crippen LogP contribution in [0.4, 0.5) is 0 Å². The normalized spacial score (nSPS) is 29.0. The van der Waals surface area contributed by atoms with Crippen molar-refractivity contribution in [2.24, 2.45) is 17.8 Å². The molecule has 0 N–H and O–H groups in total. The lowest BCUT2D eigenvalue weighted by Crippen LogP contribution is -2.28. The summed E-state index contributed by atoms with van der Waals surface area (Å²) in [6.07, 6.45) is 17.7. The van der Waals surface area contributed by atoms with Crippen LogP contribution in [0.15, 0.2) is 24.3 Å². The van der Waals surface area contributed by atoms with Crippen molar-refractivity contribution >= 4 is 8.80 Å². The molecule has 3 rings (SSSR count). The Morgan fingerprint density at radius 1 is 0.778 bits per heavy atom. The fraction of sp³-hybridized carbons (Fsp3) is 0.769. The van der Waals surface area contributed by atoms with Crippen molar-refractivity contribution in [2.75, 3.05) is 0 Å². The van der Waals surface area contributed by atoms with E-state index in [2.05, 4.69) is 38.1 Å². The van der Waals surface area contributed by atoms with Gasteiger partial charge in [-0.2, -0.15) is 0 Å². The van der Waals surface area contributed by atoms with Gasteiger partial charge in [0.05, 0.1) is 0 Å². The van der Waals surface area contributed by atoms with Gasteiger partial charge >= 0.3 is 0 Å². The van der Waals surface area contributed by atoms with Gasteiger partial charge in [0.1, 0.15) is 0 Å². The molecule has 1 saturated heterocycles. The third-order valence-electron chi connectivity index (χ3n) is 7.91. The Bertz CT molecular complexity index is 504. The van der Waals surface area contributed by atoms with Gasteiger partial charge in [-0.25, -0.2) is 0 Å². The molecule has 0 spiro atoms. The predicted octanol–water partition coefficient (Wildman–Crippen LogP) is 7.82. The first kappa shape index (κ1) is 21.2. The molecular weight excluding hydrogens is 340 g/mol. The first-order valence-electron chi connectivity index (χ1n) is 12.4. The maximum absolute atomic E-state index is 2.39. The van der Waals surface area contributed by atoms with Crippen molar-refractivity contribution in [3.63, 3.8) is 0 Å². The third-order valence-corrected chi connectivity index (χ3v) is 11.6. The molecule has 1 heterocycles. The zero-order valence-corrected chi connectivity index (χ0v) is 19.4. The molecule has 0 radical (unpaired) electrons. The van der Waals surface area contributed by atoms with Gasteiger partial charge < -0.3 is 0 Å². The fourth-order valence-corrected chi connectivity index (χ4v) is 9.49. The number of hydrogen-bond acceptors (Lipinski definition) is 0. The van der Waals surface area contributed by atoms with Crippen LogP contribution in [0.2, 0.25) is 18.1 Å². The van der Waals surface area contributed by atoms with E-state index in [9.17, 15) is 0 Å². The summed E-state index contributed by atoms with van der Waals surface area (Å²) in [5, 5.41) is 0. The summed E-state index contributed by atoms with van der Waals surface area (Å²) in [7, 11) is -0.282. The Hall–Kier alpha value is -0.563. The molecule has 152 valence electrons. The van der Waals surface area contributed by atoms with Gasteiger partial charge in [-0.1, -0.05) is 101 Å². The largest absolute Gasteiger partial charge is 0.0657 e. The summed E-state index contributed by atoms with van der Waals surface area (Å²) in [5.74, 6) is 3.28. The van der Waals surface area contributed by atoms with E-state index in [0.717, 1.165) is 24.2 Å². The lowest BCUT2D eigenvalue weighted by molar-refractivity contribution is 0.184. The SMILES string of the molecule is CCC[Si@H]1CC[C@H]([C@H]2CC[C@H](CCCCc3ccc(CC)cc3)CC2)CC1. The van der Waals surface area contributed by atoms with E-state index < -0.39 is 0 Å². The highest BCUT2D eigenvalue weighted by Crippen LogP contribution is 2.41. The predicted molar refractivity (Wildman–Crippen MR) is 123 cm³/mol. The summed E-state index contributed by atoms with van der Waals surface area (Å²) >= 11 is 0. The van der Waals surface area contributed by atoms with Crippen LogP contribution in [0.3, 0.4) is 0 Å². The summed E-state index contributed by atoms with van der Waals surface area (Å²) < 4.78 is 0. The molecule has 0 unspecified atom stereocenters. The topological polar surface area (TPSA) is 0 Å². The summed E-state index contributed by atoms with van der Waals surface area (Å²) in [6, 6.07) is 14.3. The standard InChI is InChI=1S/C26H44Si/c1-3-19-27-20-17-26(18-21-27)25-15-13-24(14-16-25)8-6-5-7-23-11-9-22(4-2)10-12-23/h9-12,24-27H,3-8,13-21H2,1-2H3/t24-,25-,26-,27-. The van der Waals surface area contributed by atoms with Crippen LogP contribution >= 0.6 is 0 Å². The Morgan fingerprint density at radius 2 is 1.41 bits per heavy atom.